The maximum absolute atomic E-state index is 12.8. The van der Waals surface area contributed by atoms with Crippen molar-refractivity contribution in [1.29, 1.82) is 0 Å². The molecule has 3 nitrogen and oxygen atoms in total. The van der Waals surface area contributed by atoms with Gasteiger partial charge in [-0.2, -0.15) is 0 Å². The van der Waals surface area contributed by atoms with E-state index in [1.165, 1.54) is 0 Å². The normalized spacial score (nSPS) is 36.8. The average Bonchev–Trinajstić information content (AvgIpc) is 2.55. The van der Waals surface area contributed by atoms with Gasteiger partial charge < -0.3 is 10.2 Å². The van der Waals surface area contributed by atoms with E-state index in [4.69, 9.17) is 10.2 Å². The molecule has 0 radical (unpaired) electrons. The van der Waals surface area contributed by atoms with Crippen molar-refractivity contribution in [2.45, 2.75) is 49.7 Å². The van der Waals surface area contributed by atoms with Crippen molar-refractivity contribution < 1.29 is 19.0 Å². The number of likely N-dealkylation sites (tertiary alicyclic amines) is 1. The molecule has 1 aliphatic carbocycles. The average molecular weight is 221 g/mol. The Hall–Kier alpha value is -0.260. The van der Waals surface area contributed by atoms with Crippen molar-refractivity contribution in [2.75, 3.05) is 13.2 Å². The first kappa shape index (κ1) is 11.2. The minimum Gasteiger partial charge on any atom is -0.395 e. The standard InChI is InChI=1S/C10H17F2NO2/c11-10(12)3-9(4-10)13-7(5-14)1-2-8(13)6-15/h7-9,14-15H,1-6H2. The van der Waals surface area contributed by atoms with Crippen LogP contribution in [-0.4, -0.2) is 52.4 Å². The van der Waals surface area contributed by atoms with E-state index in [2.05, 4.69) is 0 Å². The van der Waals surface area contributed by atoms with Gasteiger partial charge in [-0.05, 0) is 12.8 Å². The molecule has 1 saturated carbocycles. The summed E-state index contributed by atoms with van der Waals surface area (Å²) in [6.45, 7) is -0.00283. The fourth-order valence-electron chi connectivity index (χ4n) is 2.79. The Bertz CT molecular complexity index is 217. The topological polar surface area (TPSA) is 43.7 Å². The molecule has 2 unspecified atom stereocenters. The minimum absolute atomic E-state index is 0.00142. The molecule has 15 heavy (non-hydrogen) atoms. The van der Waals surface area contributed by atoms with Gasteiger partial charge in [-0.25, -0.2) is 8.78 Å². The molecule has 0 spiro atoms. The fraction of sp³-hybridized carbons (Fsp3) is 1.00. The molecule has 0 bridgehead atoms. The van der Waals surface area contributed by atoms with Crippen LogP contribution >= 0.6 is 0 Å². The predicted molar refractivity (Wildman–Crippen MR) is 50.8 cm³/mol. The third-order valence-electron chi connectivity index (χ3n) is 3.59. The number of alkyl halides is 2. The molecule has 0 aromatic heterocycles. The molecule has 2 fully saturated rings. The smallest absolute Gasteiger partial charge is 0.251 e. The van der Waals surface area contributed by atoms with E-state index in [9.17, 15) is 8.78 Å². The van der Waals surface area contributed by atoms with Crippen molar-refractivity contribution in [1.82, 2.24) is 4.90 Å². The second-order valence-electron chi connectivity index (χ2n) is 4.62. The van der Waals surface area contributed by atoms with Crippen LogP contribution < -0.4 is 0 Å². The van der Waals surface area contributed by atoms with E-state index in [1.807, 2.05) is 4.90 Å². The zero-order valence-electron chi connectivity index (χ0n) is 8.57. The number of nitrogens with zero attached hydrogens (tertiary/aromatic N) is 1. The van der Waals surface area contributed by atoms with Crippen LogP contribution in [0.15, 0.2) is 0 Å². The van der Waals surface area contributed by atoms with Crippen LogP contribution in [0.2, 0.25) is 0 Å². The Kier molecular flexibility index (Phi) is 2.96. The lowest BCUT2D eigenvalue weighted by molar-refractivity contribution is -0.138. The van der Waals surface area contributed by atoms with Crippen molar-refractivity contribution in [3.05, 3.63) is 0 Å². The fourth-order valence-corrected chi connectivity index (χ4v) is 2.79. The molecular formula is C10H17F2NO2. The van der Waals surface area contributed by atoms with E-state index in [0.717, 1.165) is 12.8 Å². The largest absolute Gasteiger partial charge is 0.395 e. The summed E-state index contributed by atoms with van der Waals surface area (Å²) in [5.74, 6) is -2.53. The minimum atomic E-state index is -2.53. The highest BCUT2D eigenvalue weighted by atomic mass is 19.3. The SMILES string of the molecule is OCC1CCC(CO)N1C1CC(F)(F)C1. The molecule has 0 amide bonds. The highest BCUT2D eigenvalue weighted by molar-refractivity contribution is 5.00. The molecule has 5 heteroatoms. The molecule has 88 valence electrons. The number of rotatable bonds is 3. The lowest BCUT2D eigenvalue weighted by atomic mass is 9.86. The van der Waals surface area contributed by atoms with Gasteiger partial charge in [-0.3, -0.25) is 4.90 Å². The van der Waals surface area contributed by atoms with Gasteiger partial charge in [0.05, 0.1) is 13.2 Å². The van der Waals surface area contributed by atoms with Gasteiger partial charge in [0.15, 0.2) is 0 Å². The highest BCUT2D eigenvalue weighted by Crippen LogP contribution is 2.44. The molecule has 1 aliphatic heterocycles. The number of hydrogen-bond donors (Lipinski definition) is 2. The van der Waals surface area contributed by atoms with Crippen LogP contribution in [0.25, 0.3) is 0 Å². The van der Waals surface area contributed by atoms with Crippen LogP contribution in [0.3, 0.4) is 0 Å². The summed E-state index contributed by atoms with van der Waals surface area (Å²) in [6, 6.07) is -0.233. The number of hydrogen-bond acceptors (Lipinski definition) is 3. The molecule has 2 rings (SSSR count). The molecule has 2 N–H and O–H groups in total. The van der Waals surface area contributed by atoms with Crippen LogP contribution in [0.4, 0.5) is 8.78 Å². The van der Waals surface area contributed by atoms with Crippen LogP contribution in [0.1, 0.15) is 25.7 Å². The highest BCUT2D eigenvalue weighted by Gasteiger charge is 2.51. The Morgan fingerprint density at radius 3 is 1.87 bits per heavy atom. The quantitative estimate of drug-likeness (QED) is 0.733. The first-order valence-electron chi connectivity index (χ1n) is 5.44. The van der Waals surface area contributed by atoms with Gasteiger partial charge in [0, 0.05) is 31.0 Å². The third-order valence-corrected chi connectivity index (χ3v) is 3.59. The van der Waals surface area contributed by atoms with Crippen molar-refractivity contribution in [3.8, 4) is 0 Å². The van der Waals surface area contributed by atoms with Crippen molar-refractivity contribution in [3.63, 3.8) is 0 Å². The number of aliphatic hydroxyl groups is 2. The summed E-state index contributed by atoms with van der Waals surface area (Å²) >= 11 is 0. The Balaban J connectivity index is 1.98. The zero-order valence-corrected chi connectivity index (χ0v) is 8.57. The zero-order chi connectivity index (χ0) is 11.1. The molecule has 1 saturated heterocycles. The van der Waals surface area contributed by atoms with Crippen LogP contribution in [0.5, 0.6) is 0 Å². The lowest BCUT2D eigenvalue weighted by Gasteiger charge is -2.45. The summed E-state index contributed by atoms with van der Waals surface area (Å²) < 4.78 is 25.5. The van der Waals surface area contributed by atoms with E-state index in [1.54, 1.807) is 0 Å². The summed E-state index contributed by atoms with van der Waals surface area (Å²) in [5, 5.41) is 18.3. The molecule has 1 heterocycles. The summed E-state index contributed by atoms with van der Waals surface area (Å²) in [5.41, 5.74) is 0. The second-order valence-corrected chi connectivity index (χ2v) is 4.62. The molecule has 0 aromatic rings. The van der Waals surface area contributed by atoms with E-state index in [-0.39, 0.29) is 44.2 Å². The van der Waals surface area contributed by atoms with Crippen molar-refractivity contribution >= 4 is 0 Å². The van der Waals surface area contributed by atoms with Crippen LogP contribution in [0, 0.1) is 0 Å². The van der Waals surface area contributed by atoms with Crippen LogP contribution in [-0.2, 0) is 0 Å². The molecular weight excluding hydrogens is 204 g/mol. The maximum atomic E-state index is 12.8. The Morgan fingerprint density at radius 2 is 1.53 bits per heavy atom. The predicted octanol–water partition coefficient (Wildman–Crippen LogP) is 0.602. The van der Waals surface area contributed by atoms with E-state index in [0.29, 0.717) is 0 Å². The maximum Gasteiger partial charge on any atom is 0.251 e. The summed E-state index contributed by atoms with van der Waals surface area (Å²) in [7, 11) is 0. The number of halogens is 2. The van der Waals surface area contributed by atoms with Crippen molar-refractivity contribution in [2.24, 2.45) is 0 Å². The molecule has 2 aliphatic rings. The second kappa shape index (κ2) is 3.96. The van der Waals surface area contributed by atoms with Gasteiger partial charge in [-0.1, -0.05) is 0 Å². The van der Waals surface area contributed by atoms with Gasteiger partial charge in [-0.15, -0.1) is 0 Å². The number of aliphatic hydroxyl groups excluding tert-OH is 2. The first-order chi connectivity index (χ1) is 7.07. The van der Waals surface area contributed by atoms with Gasteiger partial charge >= 0.3 is 0 Å². The first-order valence-corrected chi connectivity index (χ1v) is 5.44. The van der Waals surface area contributed by atoms with E-state index < -0.39 is 5.92 Å². The third kappa shape index (κ3) is 2.00. The van der Waals surface area contributed by atoms with E-state index >= 15 is 0 Å². The van der Waals surface area contributed by atoms with Gasteiger partial charge in [0.1, 0.15) is 0 Å². The summed E-state index contributed by atoms with van der Waals surface area (Å²) in [6.07, 6.45) is 1.34. The molecule has 2 atom stereocenters. The lowest BCUT2D eigenvalue weighted by Crippen LogP contribution is -2.56. The van der Waals surface area contributed by atoms with Gasteiger partial charge in [0.25, 0.3) is 5.92 Å². The Morgan fingerprint density at radius 1 is 1.07 bits per heavy atom. The summed E-state index contributed by atoms with van der Waals surface area (Å²) in [4.78, 5) is 1.90. The molecule has 0 aromatic carbocycles. The van der Waals surface area contributed by atoms with Gasteiger partial charge in [0.2, 0.25) is 0 Å². The monoisotopic (exact) mass is 221 g/mol. The Labute approximate surface area is 87.7 Å².